The van der Waals surface area contributed by atoms with Crippen molar-refractivity contribution >= 4 is 16.0 Å². The third kappa shape index (κ3) is 2.31. The largest absolute Gasteiger partial charge is 0.469 e. The molecule has 0 aromatic heterocycles. The van der Waals surface area contributed by atoms with E-state index >= 15 is 0 Å². The summed E-state index contributed by atoms with van der Waals surface area (Å²) in [6.45, 7) is 0.231. The SMILES string of the molecule is COC(=O)C12CCC(CS(N)(=O)=O)(CC1)OC2. The second-order valence-electron chi connectivity index (χ2n) is 5.05. The monoisotopic (exact) mass is 263 g/mol. The van der Waals surface area contributed by atoms with E-state index in [9.17, 15) is 13.2 Å². The van der Waals surface area contributed by atoms with Crippen molar-refractivity contribution < 1.29 is 22.7 Å². The van der Waals surface area contributed by atoms with Crippen molar-refractivity contribution in [2.75, 3.05) is 19.5 Å². The summed E-state index contributed by atoms with van der Waals surface area (Å²) >= 11 is 0. The van der Waals surface area contributed by atoms with Gasteiger partial charge in [0.05, 0.1) is 30.5 Å². The van der Waals surface area contributed by atoms with E-state index in [1.54, 1.807) is 0 Å². The van der Waals surface area contributed by atoms with Gasteiger partial charge in [0.15, 0.2) is 0 Å². The fourth-order valence-electron chi connectivity index (χ4n) is 2.80. The molecule has 0 atom stereocenters. The van der Waals surface area contributed by atoms with Gasteiger partial charge in [-0.15, -0.1) is 0 Å². The fourth-order valence-corrected chi connectivity index (χ4v) is 3.90. The minimum Gasteiger partial charge on any atom is -0.469 e. The zero-order valence-electron chi connectivity index (χ0n) is 9.77. The predicted molar refractivity (Wildman–Crippen MR) is 59.6 cm³/mol. The Morgan fingerprint density at radius 1 is 1.35 bits per heavy atom. The number of carbonyl (C=O) groups excluding carboxylic acids is 1. The van der Waals surface area contributed by atoms with E-state index in [-0.39, 0.29) is 18.3 Å². The number of hydrogen-bond donors (Lipinski definition) is 1. The van der Waals surface area contributed by atoms with Gasteiger partial charge in [0.1, 0.15) is 0 Å². The number of hydrogen-bond acceptors (Lipinski definition) is 5. The first kappa shape index (κ1) is 12.8. The van der Waals surface area contributed by atoms with E-state index in [4.69, 9.17) is 14.6 Å². The average Bonchev–Trinajstić information content (AvgIpc) is 2.27. The van der Waals surface area contributed by atoms with Gasteiger partial charge in [0, 0.05) is 0 Å². The zero-order valence-corrected chi connectivity index (χ0v) is 10.6. The molecule has 2 heterocycles. The van der Waals surface area contributed by atoms with Crippen molar-refractivity contribution in [1.29, 1.82) is 0 Å². The Balaban J connectivity index is 2.12. The third-order valence-electron chi connectivity index (χ3n) is 3.86. The molecular weight excluding hydrogens is 246 g/mol. The topological polar surface area (TPSA) is 95.7 Å². The smallest absolute Gasteiger partial charge is 0.314 e. The van der Waals surface area contributed by atoms with Crippen LogP contribution in [0.1, 0.15) is 25.7 Å². The molecule has 2 saturated heterocycles. The number of primary sulfonamides is 1. The van der Waals surface area contributed by atoms with Crippen LogP contribution in [0.25, 0.3) is 0 Å². The molecule has 1 aliphatic carbocycles. The number of carbonyl (C=O) groups is 1. The van der Waals surface area contributed by atoms with Crippen LogP contribution >= 0.6 is 0 Å². The minimum absolute atomic E-state index is 0.169. The van der Waals surface area contributed by atoms with Crippen LogP contribution < -0.4 is 5.14 Å². The maximum Gasteiger partial charge on any atom is 0.314 e. The maximum atomic E-state index is 11.7. The number of nitrogens with two attached hydrogens (primary N) is 1. The molecule has 98 valence electrons. The fraction of sp³-hybridized carbons (Fsp3) is 0.900. The first-order valence-corrected chi connectivity index (χ1v) is 7.25. The van der Waals surface area contributed by atoms with Gasteiger partial charge in [0.2, 0.25) is 10.0 Å². The van der Waals surface area contributed by atoms with Crippen LogP contribution in [0.3, 0.4) is 0 Å². The van der Waals surface area contributed by atoms with E-state index in [1.165, 1.54) is 7.11 Å². The van der Waals surface area contributed by atoms with Gasteiger partial charge in [-0.1, -0.05) is 0 Å². The summed E-state index contributed by atoms with van der Waals surface area (Å²) in [5.74, 6) is -0.432. The molecule has 3 rings (SSSR count). The van der Waals surface area contributed by atoms with Crippen molar-refractivity contribution in [2.24, 2.45) is 10.6 Å². The lowest BCUT2D eigenvalue weighted by Crippen LogP contribution is -2.57. The van der Waals surface area contributed by atoms with Crippen LogP contribution in [0.15, 0.2) is 0 Å². The molecule has 2 N–H and O–H groups in total. The Hall–Kier alpha value is -0.660. The van der Waals surface area contributed by atoms with E-state index in [1.807, 2.05) is 0 Å². The molecule has 1 saturated carbocycles. The Labute approximate surface area is 101 Å². The number of methoxy groups -OCH3 is 1. The predicted octanol–water partition coefficient (Wildman–Crippen LogP) is -0.223. The highest BCUT2D eigenvalue weighted by Crippen LogP contribution is 2.49. The average molecular weight is 263 g/mol. The lowest BCUT2D eigenvalue weighted by Gasteiger charge is -2.51. The third-order valence-corrected chi connectivity index (χ3v) is 4.78. The van der Waals surface area contributed by atoms with Crippen LogP contribution in [0.5, 0.6) is 0 Å². The van der Waals surface area contributed by atoms with Gasteiger partial charge in [0.25, 0.3) is 0 Å². The Morgan fingerprint density at radius 2 is 1.94 bits per heavy atom. The highest BCUT2D eigenvalue weighted by molar-refractivity contribution is 7.89. The summed E-state index contributed by atoms with van der Waals surface area (Å²) in [5, 5.41) is 5.06. The standard InChI is InChI=1S/C10H17NO5S/c1-15-8(12)9-2-4-10(5-3-9,16-6-9)7-17(11,13)14/h2-7H2,1H3,(H2,11,13,14). The summed E-state index contributed by atoms with van der Waals surface area (Å²) in [5.41, 5.74) is -1.27. The molecule has 0 aromatic carbocycles. The molecule has 3 fully saturated rings. The van der Waals surface area contributed by atoms with E-state index in [0.29, 0.717) is 25.7 Å². The number of sulfonamides is 1. The molecule has 17 heavy (non-hydrogen) atoms. The second-order valence-corrected chi connectivity index (χ2v) is 6.67. The lowest BCUT2D eigenvalue weighted by molar-refractivity contribution is -0.197. The second kappa shape index (κ2) is 3.93. The Kier molecular flexibility index (Phi) is 2.95. The van der Waals surface area contributed by atoms with Gasteiger partial charge in [-0.2, -0.15) is 0 Å². The normalized spacial score (nSPS) is 36.8. The highest BCUT2D eigenvalue weighted by Gasteiger charge is 2.55. The molecule has 3 aliphatic rings. The number of esters is 1. The van der Waals surface area contributed by atoms with Crippen molar-refractivity contribution in [2.45, 2.75) is 31.3 Å². The summed E-state index contributed by atoms with van der Waals surface area (Å²) in [6.07, 6.45) is 2.29. The van der Waals surface area contributed by atoms with E-state index < -0.39 is 21.0 Å². The summed E-state index contributed by atoms with van der Waals surface area (Å²) in [6, 6.07) is 0. The summed E-state index contributed by atoms with van der Waals surface area (Å²) < 4.78 is 32.7. The summed E-state index contributed by atoms with van der Waals surface area (Å²) in [4.78, 5) is 11.7. The number of fused-ring (bicyclic) bond motifs is 3. The van der Waals surface area contributed by atoms with E-state index in [0.717, 1.165) is 0 Å². The van der Waals surface area contributed by atoms with Crippen molar-refractivity contribution in [3.8, 4) is 0 Å². The zero-order chi connectivity index (χ0) is 12.7. The molecule has 0 spiro atoms. The molecule has 7 heteroatoms. The lowest BCUT2D eigenvalue weighted by atomic mass is 9.66. The first-order valence-electron chi connectivity index (χ1n) is 5.54. The van der Waals surface area contributed by atoms with Gasteiger partial charge >= 0.3 is 5.97 Å². The van der Waals surface area contributed by atoms with Crippen LogP contribution in [-0.2, 0) is 24.3 Å². The van der Waals surface area contributed by atoms with Gasteiger partial charge in [-0.3, -0.25) is 4.79 Å². The molecule has 2 bridgehead atoms. The first-order chi connectivity index (χ1) is 7.81. The minimum atomic E-state index is -3.56. The van der Waals surface area contributed by atoms with Gasteiger partial charge in [-0.05, 0) is 25.7 Å². The highest BCUT2D eigenvalue weighted by atomic mass is 32.2. The summed E-state index contributed by atoms with van der Waals surface area (Å²) in [7, 11) is -2.20. The number of ether oxygens (including phenoxy) is 2. The van der Waals surface area contributed by atoms with Crippen LogP contribution in [0.4, 0.5) is 0 Å². The molecule has 6 nitrogen and oxygen atoms in total. The quantitative estimate of drug-likeness (QED) is 0.710. The molecule has 2 aliphatic heterocycles. The van der Waals surface area contributed by atoms with Gasteiger partial charge in [-0.25, -0.2) is 13.6 Å². The molecule has 0 radical (unpaired) electrons. The number of rotatable bonds is 3. The van der Waals surface area contributed by atoms with Crippen LogP contribution in [-0.4, -0.2) is 39.5 Å². The van der Waals surface area contributed by atoms with E-state index in [2.05, 4.69) is 0 Å². The molecule has 0 amide bonds. The molecule has 0 aromatic rings. The van der Waals surface area contributed by atoms with Crippen LogP contribution in [0, 0.1) is 5.41 Å². The maximum absolute atomic E-state index is 11.7. The molecule has 0 unspecified atom stereocenters. The molecular formula is C10H17NO5S. The van der Waals surface area contributed by atoms with Crippen molar-refractivity contribution in [3.05, 3.63) is 0 Å². The Morgan fingerprint density at radius 3 is 2.29 bits per heavy atom. The van der Waals surface area contributed by atoms with Crippen molar-refractivity contribution in [1.82, 2.24) is 0 Å². The van der Waals surface area contributed by atoms with Crippen molar-refractivity contribution in [3.63, 3.8) is 0 Å². The Bertz CT molecular complexity index is 405. The van der Waals surface area contributed by atoms with Crippen LogP contribution in [0.2, 0.25) is 0 Å². The van der Waals surface area contributed by atoms with Gasteiger partial charge < -0.3 is 9.47 Å².